The maximum Gasteiger partial charge on any atom is 0.230 e. The molecule has 1 aliphatic heterocycles. The summed E-state index contributed by atoms with van der Waals surface area (Å²) in [5.74, 6) is 1.19. The molecule has 0 bridgehead atoms. The van der Waals surface area contributed by atoms with Crippen molar-refractivity contribution in [2.75, 3.05) is 18.8 Å². The standard InChI is InChI=1S/C15H22N2OS.ClH/c1-11-3-5-13(6-4-11)19-10-15(18)17-14-9-16-8-7-12(14)2;/h3-6,12,14,16H,7-10H2,1-2H3,(H,17,18);1H. The SMILES string of the molecule is Cc1ccc(SCC(=O)NC2CNCCC2C)cc1.Cl. The molecule has 2 atom stereocenters. The van der Waals surface area contributed by atoms with Gasteiger partial charge in [0.15, 0.2) is 0 Å². The molecule has 0 aliphatic carbocycles. The van der Waals surface area contributed by atoms with E-state index in [1.165, 1.54) is 5.56 Å². The van der Waals surface area contributed by atoms with Crippen LogP contribution in [0.2, 0.25) is 0 Å². The fourth-order valence-electron chi connectivity index (χ4n) is 2.21. The molecule has 0 aromatic heterocycles. The Morgan fingerprint density at radius 2 is 2.10 bits per heavy atom. The van der Waals surface area contributed by atoms with E-state index in [4.69, 9.17) is 0 Å². The van der Waals surface area contributed by atoms with Gasteiger partial charge < -0.3 is 10.6 Å². The predicted molar refractivity (Wildman–Crippen MR) is 87.7 cm³/mol. The minimum absolute atomic E-state index is 0. The normalized spacial score (nSPS) is 21.9. The third-order valence-electron chi connectivity index (χ3n) is 3.56. The van der Waals surface area contributed by atoms with Gasteiger partial charge in [-0.2, -0.15) is 0 Å². The average Bonchev–Trinajstić information content (AvgIpc) is 2.41. The van der Waals surface area contributed by atoms with Gasteiger partial charge in [-0.25, -0.2) is 0 Å². The van der Waals surface area contributed by atoms with E-state index in [0.29, 0.717) is 11.7 Å². The molecule has 0 radical (unpaired) electrons. The second kappa shape index (κ2) is 8.55. The average molecular weight is 315 g/mol. The first-order chi connectivity index (χ1) is 9.15. The van der Waals surface area contributed by atoms with Crippen LogP contribution in [0.1, 0.15) is 18.9 Å². The predicted octanol–water partition coefficient (Wildman–Crippen LogP) is 2.62. The lowest BCUT2D eigenvalue weighted by atomic mass is 9.95. The van der Waals surface area contributed by atoms with E-state index in [1.54, 1.807) is 11.8 Å². The number of hydrogen-bond donors (Lipinski definition) is 2. The lowest BCUT2D eigenvalue weighted by Crippen LogP contribution is -2.50. The quantitative estimate of drug-likeness (QED) is 0.839. The molecule has 1 aromatic rings. The third-order valence-corrected chi connectivity index (χ3v) is 4.58. The number of piperidine rings is 1. The molecule has 1 amide bonds. The van der Waals surface area contributed by atoms with Crippen molar-refractivity contribution in [3.8, 4) is 0 Å². The van der Waals surface area contributed by atoms with Gasteiger partial charge in [0.05, 0.1) is 5.75 Å². The van der Waals surface area contributed by atoms with Gasteiger partial charge in [0, 0.05) is 17.5 Å². The number of thioether (sulfide) groups is 1. The second-order valence-corrected chi connectivity index (χ2v) is 6.29. The first-order valence-electron chi connectivity index (χ1n) is 6.84. The molecule has 2 rings (SSSR count). The Kier molecular flexibility index (Phi) is 7.41. The van der Waals surface area contributed by atoms with Crippen LogP contribution in [-0.2, 0) is 4.79 Å². The van der Waals surface area contributed by atoms with Crippen molar-refractivity contribution in [1.29, 1.82) is 0 Å². The van der Waals surface area contributed by atoms with E-state index >= 15 is 0 Å². The maximum atomic E-state index is 11.9. The molecule has 0 saturated carbocycles. The maximum absolute atomic E-state index is 11.9. The Bertz CT molecular complexity index is 424. The topological polar surface area (TPSA) is 41.1 Å². The fourth-order valence-corrected chi connectivity index (χ4v) is 2.92. The number of benzene rings is 1. The first-order valence-corrected chi connectivity index (χ1v) is 7.83. The monoisotopic (exact) mass is 314 g/mol. The van der Waals surface area contributed by atoms with Crippen LogP contribution in [0.5, 0.6) is 0 Å². The zero-order valence-electron chi connectivity index (χ0n) is 12.0. The highest BCUT2D eigenvalue weighted by atomic mass is 35.5. The Labute approximate surface area is 131 Å². The van der Waals surface area contributed by atoms with Crippen LogP contribution in [0.15, 0.2) is 29.2 Å². The lowest BCUT2D eigenvalue weighted by Gasteiger charge is -2.30. The number of hydrogen-bond acceptors (Lipinski definition) is 3. The number of aryl methyl sites for hydroxylation is 1. The minimum atomic E-state index is 0. The van der Waals surface area contributed by atoms with Crippen molar-refractivity contribution in [2.24, 2.45) is 5.92 Å². The van der Waals surface area contributed by atoms with Crippen LogP contribution in [0, 0.1) is 12.8 Å². The summed E-state index contributed by atoms with van der Waals surface area (Å²) < 4.78 is 0. The molecule has 1 fully saturated rings. The lowest BCUT2D eigenvalue weighted by molar-refractivity contribution is -0.119. The van der Waals surface area contributed by atoms with Crippen LogP contribution in [0.25, 0.3) is 0 Å². The Morgan fingerprint density at radius 1 is 1.40 bits per heavy atom. The van der Waals surface area contributed by atoms with Crippen LogP contribution in [0.4, 0.5) is 0 Å². The number of carbonyl (C=O) groups is 1. The summed E-state index contributed by atoms with van der Waals surface area (Å²) in [5.41, 5.74) is 1.25. The molecule has 2 unspecified atom stereocenters. The number of halogens is 1. The van der Waals surface area contributed by atoms with Gasteiger partial charge in [0.1, 0.15) is 0 Å². The summed E-state index contributed by atoms with van der Waals surface area (Å²) in [6, 6.07) is 8.57. The van der Waals surface area contributed by atoms with E-state index in [9.17, 15) is 4.79 Å². The second-order valence-electron chi connectivity index (χ2n) is 5.25. The van der Waals surface area contributed by atoms with Crippen LogP contribution < -0.4 is 10.6 Å². The van der Waals surface area contributed by atoms with E-state index in [1.807, 2.05) is 0 Å². The molecule has 20 heavy (non-hydrogen) atoms. The van der Waals surface area contributed by atoms with Gasteiger partial charge in [-0.3, -0.25) is 4.79 Å². The molecular weight excluding hydrogens is 292 g/mol. The molecule has 1 aliphatic rings. The molecule has 1 saturated heterocycles. The van der Waals surface area contributed by atoms with Gasteiger partial charge in [-0.15, -0.1) is 24.2 Å². The van der Waals surface area contributed by atoms with Gasteiger partial charge in [-0.05, 0) is 37.9 Å². The molecule has 0 spiro atoms. The van der Waals surface area contributed by atoms with Crippen molar-refractivity contribution >= 4 is 30.1 Å². The summed E-state index contributed by atoms with van der Waals surface area (Å²) in [6.07, 6.45) is 1.13. The zero-order chi connectivity index (χ0) is 13.7. The zero-order valence-corrected chi connectivity index (χ0v) is 13.7. The highest BCUT2D eigenvalue weighted by Crippen LogP contribution is 2.18. The summed E-state index contributed by atoms with van der Waals surface area (Å²) in [7, 11) is 0. The largest absolute Gasteiger partial charge is 0.351 e. The summed E-state index contributed by atoms with van der Waals surface area (Å²) in [4.78, 5) is 13.1. The van der Waals surface area contributed by atoms with Crippen LogP contribution in [-0.4, -0.2) is 30.8 Å². The third kappa shape index (κ3) is 5.35. The van der Waals surface area contributed by atoms with Gasteiger partial charge >= 0.3 is 0 Å². The van der Waals surface area contributed by atoms with Crippen molar-refractivity contribution in [3.63, 3.8) is 0 Å². The highest BCUT2D eigenvalue weighted by molar-refractivity contribution is 8.00. The Hall–Kier alpha value is -0.710. The molecule has 112 valence electrons. The smallest absolute Gasteiger partial charge is 0.230 e. The molecule has 2 N–H and O–H groups in total. The van der Waals surface area contributed by atoms with Crippen molar-refractivity contribution in [2.45, 2.75) is 31.2 Å². The fraction of sp³-hybridized carbons (Fsp3) is 0.533. The minimum Gasteiger partial charge on any atom is -0.351 e. The summed E-state index contributed by atoms with van der Waals surface area (Å²) >= 11 is 1.59. The Balaban J connectivity index is 0.00000200. The number of amides is 1. The molecule has 5 heteroatoms. The summed E-state index contributed by atoms with van der Waals surface area (Å²) in [5, 5.41) is 6.46. The molecule has 3 nitrogen and oxygen atoms in total. The van der Waals surface area contributed by atoms with Crippen molar-refractivity contribution < 1.29 is 4.79 Å². The van der Waals surface area contributed by atoms with Crippen molar-refractivity contribution in [1.82, 2.24) is 10.6 Å². The van der Waals surface area contributed by atoms with E-state index < -0.39 is 0 Å². The van der Waals surface area contributed by atoms with Crippen molar-refractivity contribution in [3.05, 3.63) is 29.8 Å². The van der Waals surface area contributed by atoms with E-state index in [2.05, 4.69) is 48.7 Å². The number of nitrogens with one attached hydrogen (secondary N) is 2. The number of rotatable bonds is 4. The molecule has 1 heterocycles. The molecular formula is C15H23ClN2OS. The number of carbonyl (C=O) groups excluding carboxylic acids is 1. The van der Waals surface area contributed by atoms with Gasteiger partial charge in [0.25, 0.3) is 0 Å². The summed E-state index contributed by atoms with van der Waals surface area (Å²) in [6.45, 7) is 6.23. The molecule has 1 aromatic carbocycles. The van der Waals surface area contributed by atoms with Gasteiger partial charge in [-0.1, -0.05) is 24.6 Å². The first kappa shape index (κ1) is 17.3. The van der Waals surface area contributed by atoms with E-state index in [-0.39, 0.29) is 24.4 Å². The van der Waals surface area contributed by atoms with Gasteiger partial charge in [0.2, 0.25) is 5.91 Å². The van der Waals surface area contributed by atoms with Crippen LogP contribution in [0.3, 0.4) is 0 Å². The van der Waals surface area contributed by atoms with Crippen LogP contribution >= 0.6 is 24.2 Å². The Morgan fingerprint density at radius 3 is 2.75 bits per heavy atom. The highest BCUT2D eigenvalue weighted by Gasteiger charge is 2.22. The van der Waals surface area contributed by atoms with E-state index in [0.717, 1.165) is 24.4 Å².